The number of carbonyl (C=O) groups is 1. The maximum Gasteiger partial charge on any atom is 0.195 e. The number of fused-ring (bicyclic) bond motifs is 1. The summed E-state index contributed by atoms with van der Waals surface area (Å²) in [6.07, 6.45) is 3.43. The van der Waals surface area contributed by atoms with Crippen LogP contribution in [-0.4, -0.2) is 20.3 Å². The summed E-state index contributed by atoms with van der Waals surface area (Å²) in [5, 5.41) is 0. The zero-order valence-corrected chi connectivity index (χ0v) is 9.06. The molecule has 0 radical (unpaired) electrons. The second-order valence-electron chi connectivity index (χ2n) is 3.82. The van der Waals surface area contributed by atoms with Crippen molar-refractivity contribution < 1.29 is 4.79 Å². The van der Waals surface area contributed by atoms with Crippen LogP contribution < -0.4 is 0 Å². The van der Waals surface area contributed by atoms with E-state index >= 15 is 0 Å². The van der Waals surface area contributed by atoms with E-state index in [0.29, 0.717) is 5.82 Å². The SMILES string of the molecule is CC(=O)c1nc2ccncc2n1C(C)C. The van der Waals surface area contributed by atoms with Crippen LogP contribution in [0.2, 0.25) is 0 Å². The molecule has 0 aliphatic carbocycles. The van der Waals surface area contributed by atoms with Crippen molar-refractivity contribution in [2.75, 3.05) is 0 Å². The van der Waals surface area contributed by atoms with Crippen LogP contribution in [0.25, 0.3) is 11.0 Å². The molecule has 4 nitrogen and oxygen atoms in total. The number of hydrogen-bond acceptors (Lipinski definition) is 3. The van der Waals surface area contributed by atoms with E-state index in [0.717, 1.165) is 11.0 Å². The summed E-state index contributed by atoms with van der Waals surface area (Å²) in [5.41, 5.74) is 1.74. The molecule has 0 saturated heterocycles. The number of imidazole rings is 1. The number of rotatable bonds is 2. The summed E-state index contributed by atoms with van der Waals surface area (Å²) in [6, 6.07) is 2.03. The molecule has 15 heavy (non-hydrogen) atoms. The van der Waals surface area contributed by atoms with Crippen LogP contribution in [0.5, 0.6) is 0 Å². The lowest BCUT2D eigenvalue weighted by Gasteiger charge is -2.10. The molecule has 0 saturated carbocycles. The lowest BCUT2D eigenvalue weighted by atomic mass is 10.3. The number of aromatic nitrogens is 3. The van der Waals surface area contributed by atoms with Gasteiger partial charge in [0.25, 0.3) is 0 Å². The third-order valence-electron chi connectivity index (χ3n) is 2.32. The number of ketones is 1. The van der Waals surface area contributed by atoms with Gasteiger partial charge in [0.05, 0.1) is 17.2 Å². The minimum atomic E-state index is -0.0140. The minimum Gasteiger partial charge on any atom is -0.318 e. The molecule has 2 aromatic rings. The Balaban J connectivity index is 2.80. The first-order chi connectivity index (χ1) is 7.11. The predicted octanol–water partition coefficient (Wildman–Crippen LogP) is 2.21. The molecule has 0 aliphatic rings. The lowest BCUT2D eigenvalue weighted by Crippen LogP contribution is -2.09. The first-order valence-corrected chi connectivity index (χ1v) is 4.94. The summed E-state index contributed by atoms with van der Waals surface area (Å²) >= 11 is 0. The normalized spacial score (nSPS) is 11.2. The first-order valence-electron chi connectivity index (χ1n) is 4.94. The van der Waals surface area contributed by atoms with Gasteiger partial charge in [0.2, 0.25) is 0 Å². The Morgan fingerprint density at radius 1 is 1.47 bits per heavy atom. The zero-order valence-electron chi connectivity index (χ0n) is 9.06. The van der Waals surface area contributed by atoms with Crippen molar-refractivity contribution in [2.45, 2.75) is 26.8 Å². The van der Waals surface area contributed by atoms with Crippen LogP contribution in [0, 0.1) is 0 Å². The largest absolute Gasteiger partial charge is 0.318 e. The van der Waals surface area contributed by atoms with Gasteiger partial charge in [-0.05, 0) is 19.9 Å². The highest BCUT2D eigenvalue weighted by Crippen LogP contribution is 2.20. The van der Waals surface area contributed by atoms with Gasteiger partial charge < -0.3 is 4.57 Å². The topological polar surface area (TPSA) is 47.8 Å². The molecule has 2 aromatic heterocycles. The Morgan fingerprint density at radius 2 is 2.20 bits per heavy atom. The highest BCUT2D eigenvalue weighted by atomic mass is 16.1. The van der Waals surface area contributed by atoms with E-state index in [1.165, 1.54) is 6.92 Å². The first kappa shape index (κ1) is 9.83. The van der Waals surface area contributed by atoms with Crippen LogP contribution >= 0.6 is 0 Å². The number of Topliss-reactive ketones (excluding diaryl/α,β-unsaturated/α-hetero) is 1. The third kappa shape index (κ3) is 1.52. The van der Waals surface area contributed by atoms with E-state index in [2.05, 4.69) is 9.97 Å². The maximum atomic E-state index is 11.4. The van der Waals surface area contributed by atoms with E-state index in [9.17, 15) is 4.79 Å². The molecule has 0 atom stereocenters. The van der Waals surface area contributed by atoms with Crippen molar-refractivity contribution in [2.24, 2.45) is 0 Å². The summed E-state index contributed by atoms with van der Waals surface area (Å²) in [7, 11) is 0. The van der Waals surface area contributed by atoms with Gasteiger partial charge in [0, 0.05) is 19.2 Å². The van der Waals surface area contributed by atoms with Crippen molar-refractivity contribution in [1.82, 2.24) is 14.5 Å². The molecule has 2 heterocycles. The smallest absolute Gasteiger partial charge is 0.195 e. The number of carbonyl (C=O) groups excluding carboxylic acids is 1. The minimum absolute atomic E-state index is 0.0140. The Bertz CT molecular complexity index is 514. The van der Waals surface area contributed by atoms with Crippen molar-refractivity contribution in [3.05, 3.63) is 24.3 Å². The van der Waals surface area contributed by atoms with Crippen molar-refractivity contribution in [3.63, 3.8) is 0 Å². The number of nitrogens with zero attached hydrogens (tertiary/aromatic N) is 3. The molecule has 0 aromatic carbocycles. The second-order valence-corrected chi connectivity index (χ2v) is 3.82. The average Bonchev–Trinajstić information content (AvgIpc) is 2.56. The van der Waals surface area contributed by atoms with E-state index in [-0.39, 0.29) is 11.8 Å². The van der Waals surface area contributed by atoms with Crippen LogP contribution in [0.4, 0.5) is 0 Å². The second kappa shape index (κ2) is 3.46. The molecule has 0 amide bonds. The molecular weight excluding hydrogens is 190 g/mol. The molecule has 4 heteroatoms. The fraction of sp³-hybridized carbons (Fsp3) is 0.364. The summed E-state index contributed by atoms with van der Waals surface area (Å²) in [6.45, 7) is 5.59. The molecule has 0 bridgehead atoms. The van der Waals surface area contributed by atoms with Gasteiger partial charge in [-0.15, -0.1) is 0 Å². The van der Waals surface area contributed by atoms with E-state index in [1.54, 1.807) is 12.4 Å². The quantitative estimate of drug-likeness (QED) is 0.703. The fourth-order valence-electron chi connectivity index (χ4n) is 1.71. The molecule has 0 aliphatic heterocycles. The molecule has 0 N–H and O–H groups in total. The number of pyridine rings is 1. The molecule has 2 rings (SSSR count). The van der Waals surface area contributed by atoms with Crippen LogP contribution in [-0.2, 0) is 0 Å². The Morgan fingerprint density at radius 3 is 2.80 bits per heavy atom. The molecule has 0 fully saturated rings. The van der Waals surface area contributed by atoms with E-state index in [1.807, 2.05) is 24.5 Å². The van der Waals surface area contributed by atoms with Crippen LogP contribution in [0.15, 0.2) is 18.5 Å². The van der Waals surface area contributed by atoms with Gasteiger partial charge in [0.1, 0.15) is 0 Å². The summed E-state index contributed by atoms with van der Waals surface area (Å²) < 4.78 is 1.92. The highest BCUT2D eigenvalue weighted by molar-refractivity contribution is 5.94. The van der Waals surface area contributed by atoms with Crippen molar-refractivity contribution >= 4 is 16.8 Å². The van der Waals surface area contributed by atoms with Gasteiger partial charge in [-0.1, -0.05) is 0 Å². The van der Waals surface area contributed by atoms with Crippen LogP contribution in [0.1, 0.15) is 37.4 Å². The van der Waals surface area contributed by atoms with Crippen molar-refractivity contribution in [1.29, 1.82) is 0 Å². The number of hydrogen-bond donors (Lipinski definition) is 0. The monoisotopic (exact) mass is 203 g/mol. The fourth-order valence-corrected chi connectivity index (χ4v) is 1.71. The highest BCUT2D eigenvalue weighted by Gasteiger charge is 2.15. The van der Waals surface area contributed by atoms with E-state index < -0.39 is 0 Å². The third-order valence-corrected chi connectivity index (χ3v) is 2.32. The maximum absolute atomic E-state index is 11.4. The Labute approximate surface area is 88.0 Å². The van der Waals surface area contributed by atoms with Gasteiger partial charge in [-0.3, -0.25) is 9.78 Å². The Hall–Kier alpha value is -1.71. The average molecular weight is 203 g/mol. The van der Waals surface area contributed by atoms with Gasteiger partial charge in [-0.2, -0.15) is 0 Å². The zero-order chi connectivity index (χ0) is 11.0. The lowest BCUT2D eigenvalue weighted by molar-refractivity contribution is 0.0998. The van der Waals surface area contributed by atoms with Gasteiger partial charge in [0.15, 0.2) is 11.6 Å². The predicted molar refractivity (Wildman–Crippen MR) is 57.9 cm³/mol. The van der Waals surface area contributed by atoms with Gasteiger partial charge in [-0.25, -0.2) is 4.98 Å². The molecule has 0 unspecified atom stereocenters. The summed E-state index contributed by atoms with van der Waals surface area (Å²) in [5.74, 6) is 0.493. The standard InChI is InChI=1S/C11H13N3O/c1-7(2)14-10-6-12-5-4-9(10)13-11(14)8(3)15/h4-7H,1-3H3. The summed E-state index contributed by atoms with van der Waals surface area (Å²) in [4.78, 5) is 19.8. The molecule has 0 spiro atoms. The van der Waals surface area contributed by atoms with Crippen LogP contribution in [0.3, 0.4) is 0 Å². The molecule has 78 valence electrons. The molecular formula is C11H13N3O. The van der Waals surface area contributed by atoms with Gasteiger partial charge >= 0.3 is 0 Å². The van der Waals surface area contributed by atoms with E-state index in [4.69, 9.17) is 0 Å². The van der Waals surface area contributed by atoms with Crippen molar-refractivity contribution in [3.8, 4) is 0 Å². The Kier molecular flexibility index (Phi) is 2.26.